The zero-order valence-electron chi connectivity index (χ0n) is 14.4. The third-order valence-electron chi connectivity index (χ3n) is 4.51. The van der Waals surface area contributed by atoms with Gasteiger partial charge in [0.05, 0.1) is 33.6 Å². The molecule has 0 radical (unpaired) electrons. The molecule has 3 aromatic rings. The number of ether oxygens (including phenoxy) is 1. The average Bonchev–Trinajstić information content (AvgIpc) is 3.34. The van der Waals surface area contributed by atoms with Crippen molar-refractivity contribution >= 4 is 55.5 Å². The quantitative estimate of drug-likeness (QED) is 0.593. The van der Waals surface area contributed by atoms with Gasteiger partial charge in [0.2, 0.25) is 5.91 Å². The van der Waals surface area contributed by atoms with Crippen molar-refractivity contribution in [3.8, 4) is 0 Å². The molecule has 1 aliphatic heterocycles. The first-order valence-electron chi connectivity index (χ1n) is 8.62. The number of aromatic nitrogens is 1. The molecule has 26 heavy (non-hydrogen) atoms. The van der Waals surface area contributed by atoms with E-state index in [4.69, 9.17) is 21.3 Å². The zero-order valence-corrected chi connectivity index (χ0v) is 16.8. The van der Waals surface area contributed by atoms with Gasteiger partial charge in [-0.1, -0.05) is 35.1 Å². The van der Waals surface area contributed by atoms with Crippen molar-refractivity contribution in [1.82, 2.24) is 4.98 Å². The first-order chi connectivity index (χ1) is 12.6. The van der Waals surface area contributed by atoms with Crippen molar-refractivity contribution in [2.45, 2.75) is 32.3 Å². The van der Waals surface area contributed by atoms with Gasteiger partial charge in [-0.3, -0.25) is 9.69 Å². The summed E-state index contributed by atoms with van der Waals surface area (Å²) in [5.74, 6) is 0.0377. The van der Waals surface area contributed by atoms with E-state index in [9.17, 15) is 4.79 Å². The predicted molar refractivity (Wildman–Crippen MR) is 109 cm³/mol. The van der Waals surface area contributed by atoms with Gasteiger partial charge in [0.15, 0.2) is 5.13 Å². The van der Waals surface area contributed by atoms with Gasteiger partial charge in [-0.2, -0.15) is 0 Å². The molecule has 1 atom stereocenters. The molecule has 7 heteroatoms. The molecule has 0 N–H and O–H groups in total. The van der Waals surface area contributed by atoms with E-state index in [0.29, 0.717) is 17.3 Å². The Morgan fingerprint density at radius 1 is 1.35 bits per heavy atom. The molecule has 1 aromatic carbocycles. The van der Waals surface area contributed by atoms with Crippen molar-refractivity contribution in [3.05, 3.63) is 45.1 Å². The molecular formula is C19H19ClN2O2S2. The molecule has 136 valence electrons. The SMILES string of the molecule is Cc1cccc2sc(N(C[C@H]3CCCO3)C(=O)Cc3ccc(Cl)s3)nc12. The summed E-state index contributed by atoms with van der Waals surface area (Å²) in [6.45, 7) is 3.37. The van der Waals surface area contributed by atoms with Gasteiger partial charge in [0.25, 0.3) is 0 Å². The highest BCUT2D eigenvalue weighted by molar-refractivity contribution is 7.22. The molecule has 2 aromatic heterocycles. The molecule has 0 unspecified atom stereocenters. The van der Waals surface area contributed by atoms with Gasteiger partial charge in [0.1, 0.15) is 0 Å². The van der Waals surface area contributed by atoms with Crippen LogP contribution in [0.1, 0.15) is 23.3 Å². The van der Waals surface area contributed by atoms with E-state index in [1.54, 1.807) is 16.2 Å². The minimum atomic E-state index is 0.0377. The number of amides is 1. The molecule has 0 aliphatic carbocycles. The summed E-state index contributed by atoms with van der Waals surface area (Å²) in [5, 5.41) is 0.748. The zero-order chi connectivity index (χ0) is 18.1. The Morgan fingerprint density at radius 3 is 2.92 bits per heavy atom. The van der Waals surface area contributed by atoms with Gasteiger partial charge < -0.3 is 4.74 Å². The van der Waals surface area contributed by atoms with Crippen molar-refractivity contribution in [1.29, 1.82) is 0 Å². The van der Waals surface area contributed by atoms with Crippen LogP contribution in [-0.4, -0.2) is 30.1 Å². The molecule has 3 heterocycles. The van der Waals surface area contributed by atoms with Crippen LogP contribution >= 0.6 is 34.3 Å². The van der Waals surface area contributed by atoms with Gasteiger partial charge in [-0.05, 0) is 43.5 Å². The smallest absolute Gasteiger partial charge is 0.234 e. The molecule has 1 amide bonds. The highest BCUT2D eigenvalue weighted by Gasteiger charge is 2.26. The van der Waals surface area contributed by atoms with Crippen LogP contribution in [0.25, 0.3) is 10.2 Å². The van der Waals surface area contributed by atoms with Gasteiger partial charge in [-0.25, -0.2) is 4.98 Å². The van der Waals surface area contributed by atoms with Crippen molar-refractivity contribution in [2.24, 2.45) is 0 Å². The number of thiophene rings is 1. The van der Waals surface area contributed by atoms with E-state index in [-0.39, 0.29) is 12.0 Å². The number of nitrogens with zero attached hydrogens (tertiary/aromatic N) is 2. The maximum absolute atomic E-state index is 13.1. The second-order valence-corrected chi connectivity index (χ2v) is 9.25. The Balaban J connectivity index is 1.64. The number of hydrogen-bond donors (Lipinski definition) is 0. The Hall–Kier alpha value is -1.47. The second kappa shape index (κ2) is 7.64. The van der Waals surface area contributed by atoms with Crippen LogP contribution in [0.4, 0.5) is 5.13 Å². The number of hydrogen-bond acceptors (Lipinski definition) is 5. The molecule has 1 saturated heterocycles. The lowest BCUT2D eigenvalue weighted by Crippen LogP contribution is -2.38. The third kappa shape index (κ3) is 3.78. The van der Waals surface area contributed by atoms with E-state index in [0.717, 1.165) is 45.2 Å². The fourth-order valence-corrected chi connectivity index (χ4v) is 5.31. The number of rotatable bonds is 5. The summed E-state index contributed by atoms with van der Waals surface area (Å²) in [6.07, 6.45) is 2.45. The number of carbonyl (C=O) groups excluding carboxylic acids is 1. The lowest BCUT2D eigenvalue weighted by atomic mass is 10.2. The normalized spacial score (nSPS) is 17.1. The Kier molecular flexibility index (Phi) is 5.27. The summed E-state index contributed by atoms with van der Waals surface area (Å²) in [7, 11) is 0. The maximum atomic E-state index is 13.1. The molecule has 4 rings (SSSR count). The Morgan fingerprint density at radius 2 is 2.23 bits per heavy atom. The standard InChI is InChI=1S/C19H19ClN2O2S2/c1-12-4-2-6-15-18(12)21-19(26-15)22(11-13-5-3-9-24-13)17(23)10-14-7-8-16(20)25-14/h2,4,6-8,13H,3,5,9-11H2,1H3/t13-/m1/s1. The van der Waals surface area contributed by atoms with Crippen LogP contribution < -0.4 is 4.90 Å². The topological polar surface area (TPSA) is 42.4 Å². The number of benzene rings is 1. The fourth-order valence-electron chi connectivity index (χ4n) is 3.16. The number of aryl methyl sites for hydroxylation is 1. The largest absolute Gasteiger partial charge is 0.376 e. The lowest BCUT2D eigenvalue weighted by molar-refractivity contribution is -0.118. The predicted octanol–water partition coefficient (Wildman–Crippen LogP) is 5.07. The van der Waals surface area contributed by atoms with E-state index < -0.39 is 0 Å². The number of para-hydroxylation sites is 1. The lowest BCUT2D eigenvalue weighted by Gasteiger charge is -2.22. The van der Waals surface area contributed by atoms with Gasteiger partial charge in [-0.15, -0.1) is 11.3 Å². The summed E-state index contributed by atoms with van der Waals surface area (Å²) in [4.78, 5) is 20.6. The number of fused-ring (bicyclic) bond motifs is 1. The Labute approximate surface area is 165 Å². The number of carbonyl (C=O) groups is 1. The van der Waals surface area contributed by atoms with Crippen LogP contribution in [0.3, 0.4) is 0 Å². The summed E-state index contributed by atoms with van der Waals surface area (Å²) < 4.78 is 7.58. The molecule has 4 nitrogen and oxygen atoms in total. The minimum absolute atomic E-state index is 0.0377. The minimum Gasteiger partial charge on any atom is -0.376 e. The van der Waals surface area contributed by atoms with Crippen LogP contribution in [0, 0.1) is 6.92 Å². The van der Waals surface area contributed by atoms with Crippen LogP contribution in [0.15, 0.2) is 30.3 Å². The van der Waals surface area contributed by atoms with Crippen LogP contribution in [0.5, 0.6) is 0 Å². The molecule has 1 fully saturated rings. The van der Waals surface area contributed by atoms with Gasteiger partial charge >= 0.3 is 0 Å². The highest BCUT2D eigenvalue weighted by Crippen LogP contribution is 2.32. The van der Waals surface area contributed by atoms with Crippen molar-refractivity contribution in [2.75, 3.05) is 18.1 Å². The number of anilines is 1. The monoisotopic (exact) mass is 406 g/mol. The fraction of sp³-hybridized carbons (Fsp3) is 0.368. The van der Waals surface area contributed by atoms with Crippen molar-refractivity contribution in [3.63, 3.8) is 0 Å². The molecule has 1 aliphatic rings. The van der Waals surface area contributed by atoms with E-state index >= 15 is 0 Å². The molecule has 0 bridgehead atoms. The first kappa shape index (κ1) is 17.9. The molecular weight excluding hydrogens is 388 g/mol. The number of halogens is 1. The van der Waals surface area contributed by atoms with Crippen molar-refractivity contribution < 1.29 is 9.53 Å². The summed E-state index contributed by atoms with van der Waals surface area (Å²) in [6, 6.07) is 9.88. The molecule has 0 spiro atoms. The maximum Gasteiger partial charge on any atom is 0.234 e. The van der Waals surface area contributed by atoms with E-state index in [1.165, 1.54) is 11.3 Å². The Bertz CT molecular complexity index is 931. The summed E-state index contributed by atoms with van der Waals surface area (Å²) >= 11 is 9.02. The van der Waals surface area contributed by atoms with E-state index in [2.05, 4.69) is 6.07 Å². The second-order valence-electron chi connectivity index (χ2n) is 6.44. The van der Waals surface area contributed by atoms with Crippen LogP contribution in [-0.2, 0) is 16.0 Å². The van der Waals surface area contributed by atoms with Gasteiger partial charge in [0, 0.05) is 11.5 Å². The average molecular weight is 407 g/mol. The molecule has 0 saturated carbocycles. The first-order valence-corrected chi connectivity index (χ1v) is 10.6. The number of thiazole rings is 1. The summed E-state index contributed by atoms with van der Waals surface area (Å²) in [5.41, 5.74) is 2.09. The van der Waals surface area contributed by atoms with Crippen LogP contribution in [0.2, 0.25) is 4.34 Å². The highest BCUT2D eigenvalue weighted by atomic mass is 35.5. The van der Waals surface area contributed by atoms with E-state index in [1.807, 2.05) is 31.2 Å². The third-order valence-corrected chi connectivity index (χ3v) is 6.78.